The summed E-state index contributed by atoms with van der Waals surface area (Å²) in [6, 6.07) is 7.77. The molecule has 3 aliphatic rings. The molecule has 1 N–H and O–H groups in total. The van der Waals surface area contributed by atoms with Gasteiger partial charge in [-0.1, -0.05) is 19.1 Å². The van der Waals surface area contributed by atoms with E-state index in [4.69, 9.17) is 9.47 Å². The minimum Gasteiger partial charge on any atom is -0.378 e. The maximum atomic E-state index is 12.8. The molecule has 3 aliphatic heterocycles. The zero-order valence-electron chi connectivity index (χ0n) is 15.7. The Labute approximate surface area is 159 Å². The number of carbonyl (C=O) groups is 2. The van der Waals surface area contributed by atoms with Crippen molar-refractivity contribution in [3.05, 3.63) is 29.8 Å². The number of urea groups is 1. The van der Waals surface area contributed by atoms with Crippen molar-refractivity contribution in [2.24, 2.45) is 5.92 Å². The molecule has 3 fully saturated rings. The molecule has 7 nitrogen and oxygen atoms in total. The smallest absolute Gasteiger partial charge is 0.322 e. The van der Waals surface area contributed by atoms with Gasteiger partial charge in [-0.2, -0.15) is 0 Å². The summed E-state index contributed by atoms with van der Waals surface area (Å²) in [4.78, 5) is 29.2. The van der Waals surface area contributed by atoms with Gasteiger partial charge in [0, 0.05) is 31.9 Å². The molecule has 0 unspecified atom stereocenters. The fourth-order valence-corrected chi connectivity index (χ4v) is 4.13. The number of amides is 3. The number of hydrogen-bond acceptors (Lipinski definition) is 4. The molecule has 1 aromatic rings. The Hall–Kier alpha value is -2.12. The lowest BCUT2D eigenvalue weighted by atomic mass is 9.98. The number of morpholine rings is 2. The molecule has 3 atom stereocenters. The predicted molar refractivity (Wildman–Crippen MR) is 101 cm³/mol. The molecule has 0 aromatic heterocycles. The number of nitrogens with one attached hydrogen (secondary N) is 1. The van der Waals surface area contributed by atoms with Crippen LogP contribution in [0.2, 0.25) is 0 Å². The van der Waals surface area contributed by atoms with Gasteiger partial charge >= 0.3 is 6.03 Å². The molecule has 0 spiro atoms. The lowest BCUT2D eigenvalue weighted by Gasteiger charge is -2.34. The molecule has 0 saturated carbocycles. The molecule has 146 valence electrons. The van der Waals surface area contributed by atoms with E-state index < -0.39 is 0 Å². The number of benzene rings is 1. The van der Waals surface area contributed by atoms with Gasteiger partial charge in [0.25, 0.3) is 0 Å². The van der Waals surface area contributed by atoms with Crippen LogP contribution in [0.4, 0.5) is 10.5 Å². The van der Waals surface area contributed by atoms with Crippen molar-refractivity contribution < 1.29 is 19.1 Å². The van der Waals surface area contributed by atoms with Crippen LogP contribution in [0.15, 0.2) is 24.3 Å². The van der Waals surface area contributed by atoms with E-state index in [9.17, 15) is 9.59 Å². The van der Waals surface area contributed by atoms with Crippen LogP contribution in [-0.2, 0) is 20.7 Å². The van der Waals surface area contributed by atoms with Crippen molar-refractivity contribution in [1.82, 2.24) is 9.80 Å². The van der Waals surface area contributed by atoms with Crippen molar-refractivity contribution in [3.8, 4) is 0 Å². The number of likely N-dealkylation sites (tertiary alicyclic amines) is 1. The van der Waals surface area contributed by atoms with Gasteiger partial charge in [0.05, 0.1) is 31.3 Å². The quantitative estimate of drug-likeness (QED) is 0.876. The van der Waals surface area contributed by atoms with E-state index in [1.165, 1.54) is 5.56 Å². The predicted octanol–water partition coefficient (Wildman–Crippen LogP) is 1.73. The second-order valence-electron chi connectivity index (χ2n) is 7.46. The van der Waals surface area contributed by atoms with Crippen LogP contribution < -0.4 is 5.32 Å². The molecule has 3 heterocycles. The number of fused-ring (bicyclic) bond motifs is 2. The van der Waals surface area contributed by atoms with Gasteiger partial charge in [-0.15, -0.1) is 0 Å². The fraction of sp³-hybridized carbons (Fsp3) is 0.600. The van der Waals surface area contributed by atoms with Crippen LogP contribution in [0, 0.1) is 5.92 Å². The number of ether oxygens (including phenoxy) is 2. The summed E-state index contributed by atoms with van der Waals surface area (Å²) in [7, 11) is 0. The molecule has 0 aliphatic carbocycles. The van der Waals surface area contributed by atoms with Gasteiger partial charge in [-0.05, 0) is 30.5 Å². The van der Waals surface area contributed by atoms with Crippen molar-refractivity contribution >= 4 is 17.6 Å². The van der Waals surface area contributed by atoms with E-state index in [0.717, 1.165) is 12.1 Å². The topological polar surface area (TPSA) is 71.1 Å². The monoisotopic (exact) mass is 373 g/mol. The lowest BCUT2D eigenvalue weighted by Crippen LogP contribution is -2.50. The molecular weight excluding hydrogens is 346 g/mol. The standard InChI is InChI=1S/C20H27N3O4/c1-2-14-3-5-15(6-4-14)21-20(25)23-12-16-11-17(18(13-23)27-16)19(24)22-7-9-26-10-8-22/h3-6,16-18H,2,7-13H2,1H3,(H,21,25)/t16-,17-,18+/m0/s1. The lowest BCUT2D eigenvalue weighted by molar-refractivity contribution is -0.142. The van der Waals surface area contributed by atoms with E-state index in [1.807, 2.05) is 29.2 Å². The van der Waals surface area contributed by atoms with Crippen LogP contribution in [0.3, 0.4) is 0 Å². The summed E-state index contributed by atoms with van der Waals surface area (Å²) in [5.41, 5.74) is 2.03. The average Bonchev–Trinajstić information content (AvgIpc) is 3.02. The Morgan fingerprint density at radius 1 is 1.11 bits per heavy atom. The highest BCUT2D eigenvalue weighted by molar-refractivity contribution is 5.89. The largest absolute Gasteiger partial charge is 0.378 e. The highest BCUT2D eigenvalue weighted by atomic mass is 16.5. The Morgan fingerprint density at radius 3 is 2.56 bits per heavy atom. The van der Waals surface area contributed by atoms with Gasteiger partial charge in [0.2, 0.25) is 5.91 Å². The first kappa shape index (κ1) is 18.3. The molecule has 2 bridgehead atoms. The summed E-state index contributed by atoms with van der Waals surface area (Å²) in [5.74, 6) is -0.0158. The number of nitrogens with zero attached hydrogens (tertiary/aromatic N) is 2. The Bertz CT molecular complexity index is 687. The summed E-state index contributed by atoms with van der Waals surface area (Å²) in [6.45, 7) is 5.57. The normalized spacial score (nSPS) is 27.5. The van der Waals surface area contributed by atoms with Crippen molar-refractivity contribution in [2.75, 3.05) is 44.7 Å². The molecule has 4 rings (SSSR count). The highest BCUT2D eigenvalue weighted by Crippen LogP contribution is 2.33. The van der Waals surface area contributed by atoms with Crippen LogP contribution in [0.5, 0.6) is 0 Å². The van der Waals surface area contributed by atoms with Gasteiger partial charge in [0.15, 0.2) is 0 Å². The summed E-state index contributed by atoms with van der Waals surface area (Å²) in [5, 5.41) is 2.96. The number of anilines is 1. The van der Waals surface area contributed by atoms with E-state index in [-0.39, 0.29) is 30.1 Å². The van der Waals surface area contributed by atoms with Gasteiger partial charge < -0.3 is 24.6 Å². The number of hydrogen-bond donors (Lipinski definition) is 1. The summed E-state index contributed by atoms with van der Waals surface area (Å²) >= 11 is 0. The zero-order chi connectivity index (χ0) is 18.8. The molecular formula is C20H27N3O4. The SMILES string of the molecule is CCc1ccc(NC(=O)N2C[C@@H]3C[C@H](C(=O)N4CCOCC4)[C@@H](C2)O3)cc1. The fourth-order valence-electron chi connectivity index (χ4n) is 4.13. The summed E-state index contributed by atoms with van der Waals surface area (Å²) < 4.78 is 11.3. The molecule has 3 amide bonds. The third kappa shape index (κ3) is 3.94. The molecule has 27 heavy (non-hydrogen) atoms. The Morgan fingerprint density at radius 2 is 1.85 bits per heavy atom. The second kappa shape index (κ2) is 7.86. The number of aryl methyl sites for hydroxylation is 1. The van der Waals surface area contributed by atoms with Crippen molar-refractivity contribution in [3.63, 3.8) is 0 Å². The van der Waals surface area contributed by atoms with Gasteiger partial charge in [-0.3, -0.25) is 4.79 Å². The average molecular weight is 373 g/mol. The van der Waals surface area contributed by atoms with E-state index >= 15 is 0 Å². The number of rotatable bonds is 3. The molecule has 7 heteroatoms. The third-order valence-corrected chi connectivity index (χ3v) is 5.70. The third-order valence-electron chi connectivity index (χ3n) is 5.70. The minimum absolute atomic E-state index is 0.0630. The van der Waals surface area contributed by atoms with Crippen molar-refractivity contribution in [1.29, 1.82) is 0 Å². The maximum absolute atomic E-state index is 12.8. The van der Waals surface area contributed by atoms with Crippen LogP contribution >= 0.6 is 0 Å². The van der Waals surface area contributed by atoms with Crippen LogP contribution in [-0.4, -0.2) is 73.3 Å². The maximum Gasteiger partial charge on any atom is 0.322 e. The molecule has 3 saturated heterocycles. The van der Waals surface area contributed by atoms with E-state index in [2.05, 4.69) is 12.2 Å². The van der Waals surface area contributed by atoms with E-state index in [0.29, 0.717) is 45.8 Å². The molecule has 0 radical (unpaired) electrons. The zero-order valence-corrected chi connectivity index (χ0v) is 15.7. The van der Waals surface area contributed by atoms with Crippen LogP contribution in [0.25, 0.3) is 0 Å². The molecule has 1 aromatic carbocycles. The first-order valence-electron chi connectivity index (χ1n) is 9.81. The first-order valence-corrected chi connectivity index (χ1v) is 9.81. The first-order chi connectivity index (χ1) is 13.1. The highest BCUT2D eigenvalue weighted by Gasteiger charge is 2.47. The van der Waals surface area contributed by atoms with Crippen LogP contribution in [0.1, 0.15) is 18.9 Å². The Kier molecular flexibility index (Phi) is 5.31. The van der Waals surface area contributed by atoms with E-state index in [1.54, 1.807) is 4.90 Å². The minimum atomic E-state index is -0.215. The van der Waals surface area contributed by atoms with Crippen molar-refractivity contribution in [2.45, 2.75) is 32.0 Å². The second-order valence-corrected chi connectivity index (χ2v) is 7.46. The Balaban J connectivity index is 1.36. The summed E-state index contributed by atoms with van der Waals surface area (Å²) in [6.07, 6.45) is 1.38. The number of carbonyl (C=O) groups excluding carboxylic acids is 2. The van der Waals surface area contributed by atoms with Gasteiger partial charge in [-0.25, -0.2) is 4.79 Å². The van der Waals surface area contributed by atoms with Gasteiger partial charge in [0.1, 0.15) is 0 Å².